The standard InChI is InChI=1S/C22H22N2O2/c1-26-17-6-7-20-18(12-17)19(13-23-20)22(9-10-22)21(25)24-11-8-15-4-2-3-5-16(15)14-24/h2-7,12-13,23H,8-11,14H2,1H3. The van der Waals surface area contributed by atoms with Gasteiger partial charge in [-0.1, -0.05) is 24.3 Å². The van der Waals surface area contributed by atoms with E-state index in [1.807, 2.05) is 29.3 Å². The van der Waals surface area contributed by atoms with E-state index in [-0.39, 0.29) is 11.3 Å². The molecule has 1 aliphatic carbocycles. The number of aromatic nitrogens is 1. The Morgan fingerprint density at radius 2 is 1.96 bits per heavy atom. The molecule has 2 heterocycles. The average Bonchev–Trinajstić information content (AvgIpc) is 3.39. The molecule has 0 spiro atoms. The molecule has 0 saturated heterocycles. The molecule has 1 aliphatic heterocycles. The van der Waals surface area contributed by atoms with Crippen LogP contribution in [-0.2, 0) is 23.2 Å². The second kappa shape index (κ2) is 5.63. The van der Waals surface area contributed by atoms with E-state index < -0.39 is 0 Å². The molecule has 4 nitrogen and oxygen atoms in total. The van der Waals surface area contributed by atoms with Crippen molar-refractivity contribution in [3.63, 3.8) is 0 Å². The molecule has 3 aromatic rings. The molecule has 2 aromatic carbocycles. The van der Waals surface area contributed by atoms with Gasteiger partial charge in [0, 0.05) is 30.2 Å². The van der Waals surface area contributed by atoms with Crippen LogP contribution in [0.3, 0.4) is 0 Å². The Labute approximate surface area is 152 Å². The summed E-state index contributed by atoms with van der Waals surface area (Å²) < 4.78 is 5.39. The molecule has 0 unspecified atom stereocenters. The van der Waals surface area contributed by atoms with Crippen molar-refractivity contribution in [2.45, 2.75) is 31.2 Å². The second-order valence-corrected chi connectivity index (χ2v) is 7.44. The smallest absolute Gasteiger partial charge is 0.233 e. The fourth-order valence-corrected chi connectivity index (χ4v) is 4.32. The van der Waals surface area contributed by atoms with Gasteiger partial charge in [-0.15, -0.1) is 0 Å². The summed E-state index contributed by atoms with van der Waals surface area (Å²) in [6, 6.07) is 14.5. The zero-order valence-corrected chi connectivity index (χ0v) is 14.9. The van der Waals surface area contributed by atoms with Crippen molar-refractivity contribution < 1.29 is 9.53 Å². The Bertz CT molecular complexity index is 1000. The van der Waals surface area contributed by atoms with Gasteiger partial charge in [-0.2, -0.15) is 0 Å². The molecule has 1 N–H and O–H groups in total. The number of nitrogens with one attached hydrogen (secondary N) is 1. The summed E-state index contributed by atoms with van der Waals surface area (Å²) in [5.74, 6) is 1.10. The number of rotatable bonds is 3. The Morgan fingerprint density at radius 3 is 2.73 bits per heavy atom. The summed E-state index contributed by atoms with van der Waals surface area (Å²) in [7, 11) is 1.68. The molecule has 0 atom stereocenters. The van der Waals surface area contributed by atoms with Gasteiger partial charge in [0.25, 0.3) is 0 Å². The van der Waals surface area contributed by atoms with Gasteiger partial charge < -0.3 is 14.6 Å². The van der Waals surface area contributed by atoms with Crippen molar-refractivity contribution in [3.8, 4) is 5.75 Å². The summed E-state index contributed by atoms with van der Waals surface area (Å²) in [4.78, 5) is 18.9. The van der Waals surface area contributed by atoms with Crippen LogP contribution in [0.15, 0.2) is 48.7 Å². The predicted octanol–water partition coefficient (Wildman–Crippen LogP) is 3.79. The minimum Gasteiger partial charge on any atom is -0.497 e. The third-order valence-electron chi connectivity index (χ3n) is 5.98. The predicted molar refractivity (Wildman–Crippen MR) is 101 cm³/mol. The molecule has 4 heteroatoms. The van der Waals surface area contributed by atoms with E-state index in [1.54, 1.807) is 7.11 Å². The van der Waals surface area contributed by atoms with Gasteiger partial charge in [0.15, 0.2) is 0 Å². The number of aromatic amines is 1. The number of amides is 1. The fraction of sp³-hybridized carbons (Fsp3) is 0.318. The molecule has 1 aromatic heterocycles. The van der Waals surface area contributed by atoms with Crippen molar-refractivity contribution in [2.24, 2.45) is 0 Å². The molecule has 0 radical (unpaired) electrons. The van der Waals surface area contributed by atoms with Crippen molar-refractivity contribution in [1.29, 1.82) is 0 Å². The number of benzene rings is 2. The van der Waals surface area contributed by atoms with Gasteiger partial charge in [0.05, 0.1) is 12.5 Å². The summed E-state index contributed by atoms with van der Waals surface area (Å²) in [5, 5.41) is 1.10. The molecule has 0 bridgehead atoms. The van der Waals surface area contributed by atoms with Crippen LogP contribution in [0, 0.1) is 0 Å². The Kier molecular flexibility index (Phi) is 3.36. The number of fused-ring (bicyclic) bond motifs is 2. The summed E-state index contributed by atoms with van der Waals surface area (Å²) >= 11 is 0. The molecular formula is C22H22N2O2. The third-order valence-corrected chi connectivity index (χ3v) is 5.98. The van der Waals surface area contributed by atoms with Gasteiger partial charge >= 0.3 is 0 Å². The highest BCUT2D eigenvalue weighted by molar-refractivity contribution is 5.98. The fourth-order valence-electron chi connectivity index (χ4n) is 4.32. The highest BCUT2D eigenvalue weighted by Gasteiger charge is 2.54. The van der Waals surface area contributed by atoms with Crippen molar-refractivity contribution in [3.05, 3.63) is 65.4 Å². The van der Waals surface area contributed by atoms with Crippen molar-refractivity contribution in [1.82, 2.24) is 9.88 Å². The first-order valence-electron chi connectivity index (χ1n) is 9.23. The van der Waals surface area contributed by atoms with Gasteiger partial charge in [0.2, 0.25) is 5.91 Å². The number of carbonyl (C=O) groups excluding carboxylic acids is 1. The number of carbonyl (C=O) groups is 1. The third kappa shape index (κ3) is 2.25. The zero-order chi connectivity index (χ0) is 17.7. The minimum absolute atomic E-state index is 0.274. The zero-order valence-electron chi connectivity index (χ0n) is 14.9. The molecule has 5 rings (SSSR count). The van der Waals surface area contributed by atoms with E-state index in [2.05, 4.69) is 29.2 Å². The molecular weight excluding hydrogens is 324 g/mol. The summed E-state index contributed by atoms with van der Waals surface area (Å²) in [5.41, 5.74) is 4.47. The van der Waals surface area contributed by atoms with Gasteiger partial charge in [-0.3, -0.25) is 4.79 Å². The number of H-pyrrole nitrogens is 1. The van der Waals surface area contributed by atoms with Crippen LogP contribution < -0.4 is 4.74 Å². The number of methoxy groups -OCH3 is 1. The molecule has 1 saturated carbocycles. The lowest BCUT2D eigenvalue weighted by Crippen LogP contribution is -2.42. The lowest BCUT2D eigenvalue weighted by atomic mass is 9.91. The lowest BCUT2D eigenvalue weighted by Gasteiger charge is -2.32. The van der Waals surface area contributed by atoms with E-state index in [4.69, 9.17) is 4.74 Å². The maximum Gasteiger partial charge on any atom is 0.233 e. The highest BCUT2D eigenvalue weighted by atomic mass is 16.5. The average molecular weight is 346 g/mol. The number of ether oxygens (including phenoxy) is 1. The largest absolute Gasteiger partial charge is 0.497 e. The van der Waals surface area contributed by atoms with Crippen LogP contribution in [0.1, 0.15) is 29.5 Å². The van der Waals surface area contributed by atoms with E-state index in [0.717, 1.165) is 54.6 Å². The Balaban J connectivity index is 1.49. The maximum atomic E-state index is 13.5. The Hall–Kier alpha value is -2.75. The lowest BCUT2D eigenvalue weighted by molar-refractivity contribution is -0.134. The summed E-state index contributed by atoms with van der Waals surface area (Å²) in [6.07, 6.45) is 4.81. The van der Waals surface area contributed by atoms with Gasteiger partial charge in [-0.05, 0) is 54.2 Å². The van der Waals surface area contributed by atoms with Crippen LogP contribution in [0.2, 0.25) is 0 Å². The normalized spacial score (nSPS) is 17.8. The number of hydrogen-bond acceptors (Lipinski definition) is 2. The summed E-state index contributed by atoms with van der Waals surface area (Å²) in [6.45, 7) is 1.53. The Morgan fingerprint density at radius 1 is 1.15 bits per heavy atom. The van der Waals surface area contributed by atoms with Gasteiger partial charge in [-0.25, -0.2) is 0 Å². The molecule has 1 amide bonds. The van der Waals surface area contributed by atoms with Crippen LogP contribution in [0.25, 0.3) is 10.9 Å². The quantitative estimate of drug-likeness (QED) is 0.784. The number of nitrogens with zero attached hydrogens (tertiary/aromatic N) is 1. The van der Waals surface area contributed by atoms with Crippen molar-refractivity contribution in [2.75, 3.05) is 13.7 Å². The van der Waals surface area contributed by atoms with E-state index in [9.17, 15) is 4.79 Å². The first-order chi connectivity index (χ1) is 12.7. The monoisotopic (exact) mass is 346 g/mol. The van der Waals surface area contributed by atoms with Crippen LogP contribution in [0.5, 0.6) is 5.75 Å². The molecule has 1 fully saturated rings. The van der Waals surface area contributed by atoms with E-state index in [0.29, 0.717) is 0 Å². The van der Waals surface area contributed by atoms with E-state index in [1.165, 1.54) is 11.1 Å². The second-order valence-electron chi connectivity index (χ2n) is 7.44. The first-order valence-corrected chi connectivity index (χ1v) is 9.23. The molecule has 2 aliphatic rings. The molecule has 132 valence electrons. The number of hydrogen-bond donors (Lipinski definition) is 1. The topological polar surface area (TPSA) is 45.3 Å². The van der Waals surface area contributed by atoms with Crippen molar-refractivity contribution >= 4 is 16.8 Å². The van der Waals surface area contributed by atoms with Crippen LogP contribution in [0.4, 0.5) is 0 Å². The van der Waals surface area contributed by atoms with Gasteiger partial charge in [0.1, 0.15) is 5.75 Å². The maximum absolute atomic E-state index is 13.5. The van der Waals surface area contributed by atoms with E-state index >= 15 is 0 Å². The SMILES string of the molecule is COc1ccc2[nH]cc(C3(C(=O)N4CCc5ccccc5C4)CC3)c2c1. The molecule has 26 heavy (non-hydrogen) atoms. The van der Waals surface area contributed by atoms with Crippen LogP contribution in [-0.4, -0.2) is 29.4 Å². The minimum atomic E-state index is -0.364. The van der Waals surface area contributed by atoms with Crippen LogP contribution >= 0.6 is 0 Å². The first kappa shape index (κ1) is 15.5. The highest BCUT2D eigenvalue weighted by Crippen LogP contribution is 2.52.